The zero-order valence-corrected chi connectivity index (χ0v) is 12.4. The number of nitrogens with zero attached hydrogens (tertiary/aromatic N) is 3. The lowest BCUT2D eigenvalue weighted by atomic mass is 10.2. The van der Waals surface area contributed by atoms with Crippen LogP contribution in [0.4, 0.5) is 0 Å². The highest BCUT2D eigenvalue weighted by Gasteiger charge is 2.19. The van der Waals surface area contributed by atoms with Gasteiger partial charge in [0.15, 0.2) is 6.04 Å². The SMILES string of the molecule is Cc1nn(C(C)C)cc1C(=O)NC(C#N)c1cccs1. The second-order valence-electron chi connectivity index (χ2n) is 4.75. The fourth-order valence-electron chi connectivity index (χ4n) is 1.80. The molecule has 0 bridgehead atoms. The molecule has 1 unspecified atom stereocenters. The summed E-state index contributed by atoms with van der Waals surface area (Å²) in [5, 5.41) is 18.1. The second-order valence-corrected chi connectivity index (χ2v) is 5.73. The van der Waals surface area contributed by atoms with Crippen molar-refractivity contribution in [1.82, 2.24) is 15.1 Å². The van der Waals surface area contributed by atoms with E-state index in [1.165, 1.54) is 11.3 Å². The average molecular weight is 288 g/mol. The molecule has 0 spiro atoms. The highest BCUT2D eigenvalue weighted by Crippen LogP contribution is 2.19. The van der Waals surface area contributed by atoms with Gasteiger partial charge in [0.1, 0.15) is 0 Å². The van der Waals surface area contributed by atoms with Crippen molar-refractivity contribution < 1.29 is 4.79 Å². The number of hydrogen-bond acceptors (Lipinski definition) is 4. The molecule has 0 aliphatic rings. The Morgan fingerprint density at radius 1 is 1.55 bits per heavy atom. The molecule has 0 aliphatic carbocycles. The number of thiophene rings is 1. The molecule has 0 saturated carbocycles. The number of nitrogens with one attached hydrogen (secondary N) is 1. The van der Waals surface area contributed by atoms with Crippen molar-refractivity contribution in [3.05, 3.63) is 39.8 Å². The fourth-order valence-corrected chi connectivity index (χ4v) is 2.52. The van der Waals surface area contributed by atoms with E-state index in [1.54, 1.807) is 17.8 Å². The summed E-state index contributed by atoms with van der Waals surface area (Å²) in [7, 11) is 0. The van der Waals surface area contributed by atoms with Crippen molar-refractivity contribution in [2.24, 2.45) is 0 Å². The minimum atomic E-state index is -0.621. The van der Waals surface area contributed by atoms with Crippen molar-refractivity contribution in [2.45, 2.75) is 32.9 Å². The van der Waals surface area contributed by atoms with Crippen LogP contribution >= 0.6 is 11.3 Å². The van der Waals surface area contributed by atoms with E-state index in [4.69, 9.17) is 0 Å². The van der Waals surface area contributed by atoms with E-state index in [1.807, 2.05) is 31.4 Å². The lowest BCUT2D eigenvalue weighted by molar-refractivity contribution is 0.0945. The van der Waals surface area contributed by atoms with Gasteiger partial charge < -0.3 is 5.32 Å². The lowest BCUT2D eigenvalue weighted by Gasteiger charge is -2.09. The van der Waals surface area contributed by atoms with Crippen LogP contribution in [0.2, 0.25) is 0 Å². The molecule has 6 heteroatoms. The van der Waals surface area contributed by atoms with Gasteiger partial charge in [0.25, 0.3) is 5.91 Å². The molecule has 5 nitrogen and oxygen atoms in total. The molecule has 2 rings (SSSR count). The number of aromatic nitrogens is 2. The van der Waals surface area contributed by atoms with Crippen LogP contribution in [-0.4, -0.2) is 15.7 Å². The van der Waals surface area contributed by atoms with Crippen molar-refractivity contribution in [3.63, 3.8) is 0 Å². The van der Waals surface area contributed by atoms with E-state index in [2.05, 4.69) is 16.5 Å². The minimum absolute atomic E-state index is 0.194. The first-order chi connectivity index (χ1) is 9.52. The molecule has 1 amide bonds. The van der Waals surface area contributed by atoms with E-state index >= 15 is 0 Å². The molecule has 20 heavy (non-hydrogen) atoms. The van der Waals surface area contributed by atoms with E-state index in [9.17, 15) is 10.1 Å². The number of amides is 1. The van der Waals surface area contributed by atoms with Crippen LogP contribution in [0.25, 0.3) is 0 Å². The molecular weight excluding hydrogens is 272 g/mol. The highest BCUT2D eigenvalue weighted by molar-refractivity contribution is 7.10. The number of carbonyl (C=O) groups is 1. The Bertz CT molecular complexity index is 637. The Labute approximate surface area is 121 Å². The summed E-state index contributed by atoms with van der Waals surface area (Å²) in [6.07, 6.45) is 1.72. The first-order valence-electron chi connectivity index (χ1n) is 6.32. The van der Waals surface area contributed by atoms with Gasteiger partial charge in [0.05, 0.1) is 17.3 Å². The van der Waals surface area contributed by atoms with Crippen LogP contribution in [0.15, 0.2) is 23.7 Å². The molecule has 2 heterocycles. The molecule has 0 aliphatic heterocycles. The monoisotopic (exact) mass is 288 g/mol. The Balaban J connectivity index is 2.18. The van der Waals surface area contributed by atoms with Crippen molar-refractivity contribution in [2.75, 3.05) is 0 Å². The number of hydrogen-bond donors (Lipinski definition) is 1. The van der Waals surface area contributed by atoms with E-state index in [0.717, 1.165) is 4.88 Å². The Morgan fingerprint density at radius 3 is 2.80 bits per heavy atom. The molecule has 0 aromatic carbocycles. The zero-order chi connectivity index (χ0) is 14.7. The first kappa shape index (κ1) is 14.3. The van der Waals surface area contributed by atoms with Gasteiger partial charge >= 0.3 is 0 Å². The largest absolute Gasteiger partial charge is 0.332 e. The van der Waals surface area contributed by atoms with Crippen molar-refractivity contribution in [1.29, 1.82) is 5.26 Å². The van der Waals surface area contributed by atoms with Gasteiger partial charge in [-0.3, -0.25) is 9.48 Å². The Hall–Kier alpha value is -2.13. The zero-order valence-electron chi connectivity index (χ0n) is 11.6. The first-order valence-corrected chi connectivity index (χ1v) is 7.20. The van der Waals surface area contributed by atoms with Crippen molar-refractivity contribution >= 4 is 17.2 Å². The summed E-state index contributed by atoms with van der Waals surface area (Å²) in [6.45, 7) is 5.79. The smallest absolute Gasteiger partial charge is 0.256 e. The minimum Gasteiger partial charge on any atom is -0.332 e. The van der Waals surface area contributed by atoms with Crippen LogP contribution in [0.1, 0.15) is 46.9 Å². The van der Waals surface area contributed by atoms with Gasteiger partial charge in [0.2, 0.25) is 0 Å². The van der Waals surface area contributed by atoms with Gasteiger partial charge in [-0.25, -0.2) is 0 Å². The number of carbonyl (C=O) groups excluding carboxylic acids is 1. The Kier molecular flexibility index (Phi) is 4.20. The van der Waals surface area contributed by atoms with E-state index in [-0.39, 0.29) is 11.9 Å². The van der Waals surface area contributed by atoms with E-state index in [0.29, 0.717) is 11.3 Å². The van der Waals surface area contributed by atoms with Crippen LogP contribution in [0.5, 0.6) is 0 Å². The third-order valence-corrected chi connectivity index (χ3v) is 3.86. The summed E-state index contributed by atoms with van der Waals surface area (Å²) in [6, 6.07) is 5.37. The van der Waals surface area contributed by atoms with Crippen LogP contribution in [0, 0.1) is 18.3 Å². The summed E-state index contributed by atoms with van der Waals surface area (Å²) in [5.41, 5.74) is 1.18. The lowest BCUT2D eigenvalue weighted by Crippen LogP contribution is -2.27. The predicted molar refractivity (Wildman–Crippen MR) is 77.5 cm³/mol. The standard InChI is InChI=1S/C14H16N4OS/c1-9(2)18-8-11(10(3)17-18)14(19)16-12(7-15)13-5-4-6-20-13/h4-6,8-9,12H,1-3H3,(H,16,19). The Morgan fingerprint density at radius 2 is 2.30 bits per heavy atom. The van der Waals surface area contributed by atoms with E-state index < -0.39 is 6.04 Å². The maximum absolute atomic E-state index is 12.3. The number of rotatable bonds is 4. The number of nitriles is 1. The maximum Gasteiger partial charge on any atom is 0.256 e. The van der Waals surface area contributed by atoms with Crippen molar-refractivity contribution in [3.8, 4) is 6.07 Å². The quantitative estimate of drug-likeness (QED) is 0.940. The van der Waals surface area contributed by atoms with Gasteiger partial charge in [-0.05, 0) is 32.2 Å². The molecule has 0 radical (unpaired) electrons. The van der Waals surface area contributed by atoms with Crippen LogP contribution in [0.3, 0.4) is 0 Å². The molecule has 1 N–H and O–H groups in total. The highest BCUT2D eigenvalue weighted by atomic mass is 32.1. The van der Waals surface area contributed by atoms with Crippen LogP contribution in [-0.2, 0) is 0 Å². The molecular formula is C14H16N4OS. The third-order valence-electron chi connectivity index (χ3n) is 2.92. The second kappa shape index (κ2) is 5.88. The van der Waals surface area contributed by atoms with Gasteiger partial charge in [-0.2, -0.15) is 10.4 Å². The fraction of sp³-hybridized carbons (Fsp3) is 0.357. The molecule has 2 aromatic heterocycles. The normalized spacial score (nSPS) is 12.2. The molecule has 1 atom stereocenters. The molecule has 2 aromatic rings. The summed E-state index contributed by atoms with van der Waals surface area (Å²) in [4.78, 5) is 13.1. The summed E-state index contributed by atoms with van der Waals surface area (Å²) < 4.78 is 1.75. The topological polar surface area (TPSA) is 70.7 Å². The third kappa shape index (κ3) is 2.89. The molecule has 104 valence electrons. The summed E-state index contributed by atoms with van der Waals surface area (Å²) >= 11 is 1.45. The average Bonchev–Trinajstić information content (AvgIpc) is 3.04. The predicted octanol–water partition coefficient (Wildman–Crippen LogP) is 2.83. The van der Waals surface area contributed by atoms with Gasteiger partial charge in [0, 0.05) is 17.1 Å². The van der Waals surface area contributed by atoms with Gasteiger partial charge in [-0.15, -0.1) is 11.3 Å². The molecule has 0 saturated heterocycles. The maximum atomic E-state index is 12.3. The van der Waals surface area contributed by atoms with Crippen LogP contribution < -0.4 is 5.32 Å². The number of aryl methyl sites for hydroxylation is 1. The van der Waals surface area contributed by atoms with Gasteiger partial charge in [-0.1, -0.05) is 6.07 Å². The molecule has 0 fully saturated rings. The summed E-state index contributed by atoms with van der Waals surface area (Å²) in [5.74, 6) is -0.269.